The molecule has 0 amide bonds. The molecule has 28 heavy (non-hydrogen) atoms. The maximum Gasteiger partial charge on any atom is 0.300 e. The van der Waals surface area contributed by atoms with Crippen molar-refractivity contribution >= 4 is 22.4 Å². The molecule has 138 valence electrons. The van der Waals surface area contributed by atoms with Gasteiger partial charge in [0.25, 0.3) is 5.56 Å². The Balaban J connectivity index is 1.88. The molecule has 0 aliphatic rings. The van der Waals surface area contributed by atoms with Crippen LogP contribution in [0.2, 0.25) is 0 Å². The number of thiazole rings is 1. The summed E-state index contributed by atoms with van der Waals surface area (Å²) in [5.41, 5.74) is 0.721. The Hall–Kier alpha value is -3.58. The van der Waals surface area contributed by atoms with Crippen molar-refractivity contribution in [1.82, 2.24) is 14.6 Å². The van der Waals surface area contributed by atoms with Gasteiger partial charge >= 0.3 is 5.56 Å². The summed E-state index contributed by atoms with van der Waals surface area (Å²) in [5.74, 6) is 0.639. The average molecular weight is 389 g/mol. The largest absolute Gasteiger partial charge is 0.489 e. The number of para-hydroxylation sites is 1. The number of aromatic nitrogens is 3. The number of benzene rings is 2. The van der Waals surface area contributed by atoms with Crippen molar-refractivity contribution < 1.29 is 4.74 Å². The molecular weight excluding hydrogens is 374 g/mol. The minimum absolute atomic E-state index is 0.147. The Bertz CT molecular complexity index is 1330. The van der Waals surface area contributed by atoms with E-state index in [1.807, 2.05) is 30.3 Å². The lowest BCUT2D eigenvalue weighted by atomic mass is 10.2. The molecule has 7 heteroatoms. The molecule has 0 radical (unpaired) electrons. The van der Waals surface area contributed by atoms with Crippen molar-refractivity contribution in [3.63, 3.8) is 0 Å². The topological polar surface area (TPSA) is 73.6 Å². The molecule has 0 atom stereocenters. The van der Waals surface area contributed by atoms with E-state index in [4.69, 9.17) is 4.74 Å². The average Bonchev–Trinajstić information content (AvgIpc) is 3.02. The quantitative estimate of drug-likeness (QED) is 0.490. The molecule has 2 aromatic heterocycles. The number of ether oxygens (including phenoxy) is 1. The fourth-order valence-electron chi connectivity index (χ4n) is 2.71. The summed E-state index contributed by atoms with van der Waals surface area (Å²) in [7, 11) is 0. The van der Waals surface area contributed by atoms with Crippen LogP contribution < -0.4 is 20.4 Å². The van der Waals surface area contributed by atoms with Crippen molar-refractivity contribution in [1.29, 1.82) is 0 Å². The number of hydrogen-bond donors (Lipinski definition) is 0. The van der Waals surface area contributed by atoms with Crippen LogP contribution in [0.5, 0.6) is 5.75 Å². The highest BCUT2D eigenvalue weighted by Gasteiger charge is 2.12. The Morgan fingerprint density at radius 2 is 1.82 bits per heavy atom. The van der Waals surface area contributed by atoms with Gasteiger partial charge in [-0.3, -0.25) is 9.59 Å². The first-order valence-corrected chi connectivity index (χ1v) is 9.33. The molecule has 6 nitrogen and oxygen atoms in total. The molecule has 0 aliphatic carbocycles. The number of rotatable bonds is 5. The maximum absolute atomic E-state index is 12.8. The normalized spacial score (nSPS) is 11.6. The molecule has 0 saturated heterocycles. The molecular formula is C21H15N3O3S. The van der Waals surface area contributed by atoms with Crippen LogP contribution in [0, 0.1) is 0 Å². The first-order valence-electron chi connectivity index (χ1n) is 8.51. The molecule has 0 bridgehead atoms. The molecule has 0 fully saturated rings. The van der Waals surface area contributed by atoms with E-state index in [9.17, 15) is 9.59 Å². The van der Waals surface area contributed by atoms with Gasteiger partial charge < -0.3 is 4.74 Å². The van der Waals surface area contributed by atoms with Crippen LogP contribution in [0.3, 0.4) is 0 Å². The van der Waals surface area contributed by atoms with E-state index < -0.39 is 5.56 Å². The van der Waals surface area contributed by atoms with E-state index in [2.05, 4.69) is 16.7 Å². The van der Waals surface area contributed by atoms with E-state index in [0.29, 0.717) is 22.5 Å². The van der Waals surface area contributed by atoms with E-state index in [-0.39, 0.29) is 16.2 Å². The first-order chi connectivity index (χ1) is 13.7. The number of hydrogen-bond acceptors (Lipinski definition) is 6. The second-order valence-electron chi connectivity index (χ2n) is 5.88. The van der Waals surface area contributed by atoms with E-state index >= 15 is 0 Å². The monoisotopic (exact) mass is 389 g/mol. The van der Waals surface area contributed by atoms with Crippen LogP contribution in [0.4, 0.5) is 0 Å². The zero-order valence-corrected chi connectivity index (χ0v) is 15.6. The molecule has 0 spiro atoms. The second-order valence-corrected chi connectivity index (χ2v) is 6.89. The Labute approximate surface area is 163 Å². The molecule has 0 saturated carbocycles. The lowest BCUT2D eigenvalue weighted by Gasteiger charge is -2.05. The van der Waals surface area contributed by atoms with Gasteiger partial charge in [0.2, 0.25) is 4.96 Å². The summed E-state index contributed by atoms with van der Waals surface area (Å²) in [5, 5.41) is 4.25. The van der Waals surface area contributed by atoms with Crippen LogP contribution in [-0.4, -0.2) is 21.2 Å². The van der Waals surface area contributed by atoms with Crippen molar-refractivity contribution in [2.24, 2.45) is 0 Å². The van der Waals surface area contributed by atoms with Crippen LogP contribution in [0.1, 0.15) is 5.56 Å². The fourth-order valence-corrected chi connectivity index (χ4v) is 3.60. The highest BCUT2D eigenvalue weighted by atomic mass is 32.1. The Morgan fingerprint density at radius 1 is 1.07 bits per heavy atom. The molecule has 0 unspecified atom stereocenters. The second kappa shape index (κ2) is 7.58. The smallest absolute Gasteiger partial charge is 0.300 e. The molecule has 2 aromatic carbocycles. The zero-order chi connectivity index (χ0) is 19.5. The van der Waals surface area contributed by atoms with Crippen molar-refractivity contribution in [3.05, 3.63) is 98.1 Å². The van der Waals surface area contributed by atoms with Crippen molar-refractivity contribution in [2.45, 2.75) is 0 Å². The fraction of sp³-hybridized carbons (Fsp3) is 0.0476. The van der Waals surface area contributed by atoms with E-state index in [1.54, 1.807) is 36.4 Å². The van der Waals surface area contributed by atoms with E-state index in [1.165, 1.54) is 4.52 Å². The lowest BCUT2D eigenvalue weighted by molar-refractivity contribution is 0.362. The third kappa shape index (κ3) is 3.35. The van der Waals surface area contributed by atoms with Gasteiger partial charge in [0, 0.05) is 11.1 Å². The zero-order valence-electron chi connectivity index (χ0n) is 14.7. The third-order valence-electron chi connectivity index (χ3n) is 3.99. The van der Waals surface area contributed by atoms with Gasteiger partial charge in [-0.25, -0.2) is 0 Å². The number of nitrogens with zero attached hydrogens (tertiary/aromatic N) is 3. The van der Waals surface area contributed by atoms with Gasteiger partial charge in [0.05, 0.1) is 4.53 Å². The van der Waals surface area contributed by atoms with Crippen LogP contribution in [-0.2, 0) is 0 Å². The summed E-state index contributed by atoms with van der Waals surface area (Å²) < 4.78 is 7.22. The summed E-state index contributed by atoms with van der Waals surface area (Å²) in [4.78, 5) is 29.5. The van der Waals surface area contributed by atoms with Gasteiger partial charge in [0.15, 0.2) is 5.69 Å². The third-order valence-corrected chi connectivity index (χ3v) is 4.95. The first kappa shape index (κ1) is 17.8. The van der Waals surface area contributed by atoms with Crippen LogP contribution in [0.25, 0.3) is 22.3 Å². The Morgan fingerprint density at radius 3 is 2.61 bits per heavy atom. The van der Waals surface area contributed by atoms with Crippen LogP contribution in [0.15, 0.2) is 76.8 Å². The summed E-state index contributed by atoms with van der Waals surface area (Å²) in [6, 6.07) is 16.3. The minimum atomic E-state index is -0.464. The van der Waals surface area contributed by atoms with Gasteiger partial charge in [-0.15, -0.1) is 0 Å². The maximum atomic E-state index is 12.8. The highest BCUT2D eigenvalue weighted by molar-refractivity contribution is 7.15. The predicted octanol–water partition coefficient (Wildman–Crippen LogP) is 2.29. The van der Waals surface area contributed by atoms with Gasteiger partial charge in [-0.2, -0.15) is 14.6 Å². The van der Waals surface area contributed by atoms with Gasteiger partial charge in [-0.1, -0.05) is 72.5 Å². The SMILES string of the molecule is C=CCOc1ccccc1/C=c1\sc2nc(=O)c(-c3ccccc3)nn2c1=O. The van der Waals surface area contributed by atoms with Gasteiger partial charge in [0.1, 0.15) is 12.4 Å². The summed E-state index contributed by atoms with van der Waals surface area (Å²) in [6.45, 7) is 4.00. The number of fused-ring (bicyclic) bond motifs is 1. The molecule has 0 aliphatic heterocycles. The Kier molecular flexibility index (Phi) is 4.82. The summed E-state index contributed by atoms with van der Waals surface area (Å²) in [6.07, 6.45) is 3.37. The molecule has 4 rings (SSSR count). The minimum Gasteiger partial charge on any atom is -0.489 e. The van der Waals surface area contributed by atoms with E-state index in [0.717, 1.165) is 16.9 Å². The molecule has 2 heterocycles. The van der Waals surface area contributed by atoms with Gasteiger partial charge in [-0.05, 0) is 12.1 Å². The standard InChI is InChI=1S/C21H15N3O3S/c1-2-12-27-16-11-7-6-10-15(16)13-17-20(26)24-21(28-17)22-19(25)18(23-24)14-8-4-3-5-9-14/h2-11,13H,1,12H2/b17-13-. The van der Waals surface area contributed by atoms with Crippen molar-refractivity contribution in [2.75, 3.05) is 6.61 Å². The van der Waals surface area contributed by atoms with Crippen LogP contribution >= 0.6 is 11.3 Å². The van der Waals surface area contributed by atoms with Crippen molar-refractivity contribution in [3.8, 4) is 17.0 Å². The highest BCUT2D eigenvalue weighted by Crippen LogP contribution is 2.18. The predicted molar refractivity (Wildman–Crippen MR) is 110 cm³/mol. The summed E-state index contributed by atoms with van der Waals surface area (Å²) >= 11 is 1.11. The lowest BCUT2D eigenvalue weighted by Crippen LogP contribution is -2.26. The molecule has 4 aromatic rings. The molecule has 0 N–H and O–H groups in total.